The van der Waals surface area contributed by atoms with E-state index in [1.807, 2.05) is 6.07 Å². The zero-order valence-corrected chi connectivity index (χ0v) is 10.6. The number of hydrogen-bond donors (Lipinski definition) is 2. The van der Waals surface area contributed by atoms with Crippen LogP contribution in [-0.4, -0.2) is 34.0 Å². The summed E-state index contributed by atoms with van der Waals surface area (Å²) in [7, 11) is 0. The molecule has 0 saturated carbocycles. The maximum absolute atomic E-state index is 10.8. The summed E-state index contributed by atoms with van der Waals surface area (Å²) in [6, 6.07) is 7.15. The molecule has 19 heavy (non-hydrogen) atoms. The van der Waals surface area contributed by atoms with Crippen LogP contribution in [0.15, 0.2) is 36.7 Å². The Bertz CT molecular complexity index is 570. The number of carbonyl (C=O) groups excluding carboxylic acids is 1. The molecule has 2 rings (SSSR count). The molecular weight excluding hydrogens is 242 g/mol. The molecular formula is C14H15N3O2. The SMILES string of the molecule is CC(O)CNc1nccnc1-c1cccc(C=O)c1. The predicted molar refractivity (Wildman–Crippen MR) is 73.0 cm³/mol. The fraction of sp³-hybridized carbons (Fsp3) is 0.214. The summed E-state index contributed by atoms with van der Waals surface area (Å²) in [6.45, 7) is 2.08. The Morgan fingerprint density at radius 1 is 1.37 bits per heavy atom. The van der Waals surface area contributed by atoms with Crippen LogP contribution in [0.3, 0.4) is 0 Å². The highest BCUT2D eigenvalue weighted by Gasteiger charge is 2.08. The standard InChI is InChI=1S/C14H15N3O2/c1-10(19)8-17-14-13(15-5-6-16-14)12-4-2-3-11(7-12)9-18/h2-7,9-10,19H,8H2,1H3,(H,16,17). The molecule has 0 amide bonds. The number of aromatic nitrogens is 2. The van der Waals surface area contributed by atoms with Crippen LogP contribution in [0.4, 0.5) is 5.82 Å². The van der Waals surface area contributed by atoms with E-state index in [2.05, 4.69) is 15.3 Å². The molecule has 98 valence electrons. The second-order valence-corrected chi connectivity index (χ2v) is 4.23. The first kappa shape index (κ1) is 13.2. The summed E-state index contributed by atoms with van der Waals surface area (Å²) in [5.74, 6) is 0.589. The van der Waals surface area contributed by atoms with E-state index in [9.17, 15) is 9.90 Å². The van der Waals surface area contributed by atoms with Crippen molar-refractivity contribution < 1.29 is 9.90 Å². The highest BCUT2D eigenvalue weighted by Crippen LogP contribution is 2.23. The lowest BCUT2D eigenvalue weighted by Gasteiger charge is -2.11. The number of carbonyl (C=O) groups is 1. The number of rotatable bonds is 5. The third kappa shape index (κ3) is 3.35. The molecule has 0 spiro atoms. The normalized spacial score (nSPS) is 11.9. The van der Waals surface area contributed by atoms with E-state index < -0.39 is 6.10 Å². The van der Waals surface area contributed by atoms with Gasteiger partial charge >= 0.3 is 0 Å². The van der Waals surface area contributed by atoms with E-state index in [1.165, 1.54) is 0 Å². The lowest BCUT2D eigenvalue weighted by atomic mass is 10.1. The van der Waals surface area contributed by atoms with E-state index in [0.717, 1.165) is 11.8 Å². The molecule has 0 aliphatic carbocycles. The van der Waals surface area contributed by atoms with Gasteiger partial charge in [0.05, 0.1) is 6.10 Å². The van der Waals surface area contributed by atoms with Crippen LogP contribution in [0.5, 0.6) is 0 Å². The second kappa shape index (κ2) is 6.06. The van der Waals surface area contributed by atoms with Crippen molar-refractivity contribution in [1.29, 1.82) is 0 Å². The molecule has 2 aromatic rings. The minimum atomic E-state index is -0.476. The van der Waals surface area contributed by atoms with Crippen molar-refractivity contribution in [3.05, 3.63) is 42.2 Å². The number of anilines is 1. The van der Waals surface area contributed by atoms with E-state index in [1.54, 1.807) is 37.5 Å². The van der Waals surface area contributed by atoms with Crippen LogP contribution in [-0.2, 0) is 0 Å². The Morgan fingerprint density at radius 2 is 2.16 bits per heavy atom. The molecule has 5 heteroatoms. The Hall–Kier alpha value is -2.27. The third-order valence-electron chi connectivity index (χ3n) is 2.56. The molecule has 1 aromatic heterocycles. The largest absolute Gasteiger partial charge is 0.392 e. The first-order valence-corrected chi connectivity index (χ1v) is 5.99. The smallest absolute Gasteiger partial charge is 0.152 e. The van der Waals surface area contributed by atoms with Crippen molar-refractivity contribution in [3.8, 4) is 11.3 Å². The molecule has 2 N–H and O–H groups in total. The zero-order chi connectivity index (χ0) is 13.7. The molecule has 1 unspecified atom stereocenters. The van der Waals surface area contributed by atoms with Crippen molar-refractivity contribution in [2.75, 3.05) is 11.9 Å². The lowest BCUT2D eigenvalue weighted by molar-refractivity contribution is 0.112. The fourth-order valence-electron chi connectivity index (χ4n) is 1.68. The third-order valence-corrected chi connectivity index (χ3v) is 2.56. The van der Waals surface area contributed by atoms with Crippen LogP contribution in [0.2, 0.25) is 0 Å². The van der Waals surface area contributed by atoms with E-state index >= 15 is 0 Å². The van der Waals surface area contributed by atoms with Gasteiger partial charge in [-0.15, -0.1) is 0 Å². The van der Waals surface area contributed by atoms with Crippen molar-refractivity contribution in [3.63, 3.8) is 0 Å². The maximum Gasteiger partial charge on any atom is 0.152 e. The van der Waals surface area contributed by atoms with E-state index in [0.29, 0.717) is 23.6 Å². The van der Waals surface area contributed by atoms with Gasteiger partial charge in [0.25, 0.3) is 0 Å². The van der Waals surface area contributed by atoms with Crippen LogP contribution in [0.25, 0.3) is 11.3 Å². The summed E-state index contributed by atoms with van der Waals surface area (Å²) in [4.78, 5) is 19.3. The molecule has 0 bridgehead atoms. The van der Waals surface area contributed by atoms with Gasteiger partial charge < -0.3 is 10.4 Å². The van der Waals surface area contributed by atoms with E-state index in [4.69, 9.17) is 0 Å². The Kier molecular flexibility index (Phi) is 4.20. The minimum Gasteiger partial charge on any atom is -0.392 e. The van der Waals surface area contributed by atoms with Crippen LogP contribution in [0, 0.1) is 0 Å². The van der Waals surface area contributed by atoms with Gasteiger partial charge in [0.15, 0.2) is 5.82 Å². The lowest BCUT2D eigenvalue weighted by Crippen LogP contribution is -2.16. The van der Waals surface area contributed by atoms with Gasteiger partial charge in [-0.2, -0.15) is 0 Å². The molecule has 0 radical (unpaired) electrons. The molecule has 1 atom stereocenters. The predicted octanol–water partition coefficient (Wildman–Crippen LogP) is 1.75. The monoisotopic (exact) mass is 257 g/mol. The second-order valence-electron chi connectivity index (χ2n) is 4.23. The summed E-state index contributed by atoms with van der Waals surface area (Å²) in [6.07, 6.45) is 3.49. The van der Waals surface area contributed by atoms with Gasteiger partial charge in [-0.05, 0) is 13.0 Å². The Balaban J connectivity index is 2.35. The van der Waals surface area contributed by atoms with Crippen LogP contribution < -0.4 is 5.32 Å². The number of nitrogens with zero attached hydrogens (tertiary/aromatic N) is 2. The van der Waals surface area contributed by atoms with Crippen molar-refractivity contribution in [1.82, 2.24) is 9.97 Å². The highest BCUT2D eigenvalue weighted by atomic mass is 16.3. The highest BCUT2D eigenvalue weighted by molar-refractivity contribution is 5.80. The van der Waals surface area contributed by atoms with Crippen molar-refractivity contribution in [2.45, 2.75) is 13.0 Å². The topological polar surface area (TPSA) is 75.1 Å². The Labute approximate surface area is 111 Å². The number of aliphatic hydroxyl groups is 1. The number of hydrogen-bond acceptors (Lipinski definition) is 5. The number of nitrogens with one attached hydrogen (secondary N) is 1. The summed E-state index contributed by atoms with van der Waals surface area (Å²) in [5, 5.41) is 12.3. The minimum absolute atomic E-state index is 0.388. The van der Waals surface area contributed by atoms with Gasteiger partial charge in [-0.1, -0.05) is 18.2 Å². The quantitative estimate of drug-likeness (QED) is 0.798. The molecule has 0 aliphatic heterocycles. The van der Waals surface area contributed by atoms with Crippen LogP contribution in [0.1, 0.15) is 17.3 Å². The average Bonchev–Trinajstić information content (AvgIpc) is 2.45. The summed E-state index contributed by atoms with van der Waals surface area (Å²) >= 11 is 0. The summed E-state index contributed by atoms with van der Waals surface area (Å²) < 4.78 is 0. The number of benzene rings is 1. The molecule has 0 fully saturated rings. The first-order valence-electron chi connectivity index (χ1n) is 5.99. The van der Waals surface area contributed by atoms with E-state index in [-0.39, 0.29) is 0 Å². The zero-order valence-electron chi connectivity index (χ0n) is 10.6. The van der Waals surface area contributed by atoms with Crippen LogP contribution >= 0.6 is 0 Å². The summed E-state index contributed by atoms with van der Waals surface area (Å²) in [5.41, 5.74) is 2.06. The fourth-order valence-corrected chi connectivity index (χ4v) is 1.68. The molecule has 1 heterocycles. The molecule has 5 nitrogen and oxygen atoms in total. The van der Waals surface area contributed by atoms with Gasteiger partial charge in [0.1, 0.15) is 12.0 Å². The molecule has 0 aliphatic rings. The van der Waals surface area contributed by atoms with Gasteiger partial charge in [-0.3, -0.25) is 9.78 Å². The maximum atomic E-state index is 10.8. The number of aldehydes is 1. The Morgan fingerprint density at radius 3 is 2.89 bits per heavy atom. The van der Waals surface area contributed by atoms with Crippen molar-refractivity contribution >= 4 is 12.1 Å². The van der Waals surface area contributed by atoms with Crippen molar-refractivity contribution in [2.24, 2.45) is 0 Å². The molecule has 0 saturated heterocycles. The van der Waals surface area contributed by atoms with Gasteiger partial charge in [-0.25, -0.2) is 4.98 Å². The van der Waals surface area contributed by atoms with Gasteiger partial charge in [0, 0.05) is 30.1 Å². The number of aliphatic hydroxyl groups excluding tert-OH is 1. The first-order chi connectivity index (χ1) is 9.20. The average molecular weight is 257 g/mol. The van der Waals surface area contributed by atoms with Gasteiger partial charge in [0.2, 0.25) is 0 Å². The molecule has 1 aromatic carbocycles.